The third-order valence-electron chi connectivity index (χ3n) is 4.50. The third-order valence-corrected chi connectivity index (χ3v) is 4.50. The lowest BCUT2D eigenvalue weighted by molar-refractivity contribution is 0.0322. The second-order valence-electron chi connectivity index (χ2n) is 6.34. The van der Waals surface area contributed by atoms with E-state index in [4.69, 9.17) is 15.2 Å². The summed E-state index contributed by atoms with van der Waals surface area (Å²) in [5, 5.41) is 0. The van der Waals surface area contributed by atoms with Gasteiger partial charge in [-0.15, -0.1) is 0 Å². The van der Waals surface area contributed by atoms with Crippen molar-refractivity contribution in [1.82, 2.24) is 19.4 Å². The number of nitrogens with one attached hydrogen (secondary N) is 1. The first-order valence-electron chi connectivity index (χ1n) is 8.54. The highest BCUT2D eigenvalue weighted by atomic mass is 16.5. The number of nitrogens with zero attached hydrogens (tertiary/aromatic N) is 3. The molecule has 1 saturated heterocycles. The fourth-order valence-electron chi connectivity index (χ4n) is 3.14. The molecule has 7 heteroatoms. The van der Waals surface area contributed by atoms with E-state index >= 15 is 0 Å². The van der Waals surface area contributed by atoms with Crippen LogP contribution in [0.2, 0.25) is 0 Å². The number of aromatic amines is 1. The number of hydrogen-bond donors (Lipinski definition) is 2. The van der Waals surface area contributed by atoms with Crippen LogP contribution in [0.4, 0.5) is 5.69 Å². The minimum atomic E-state index is 0.668. The van der Waals surface area contributed by atoms with E-state index in [1.165, 1.54) is 0 Å². The molecular weight excluding hydrogens is 318 g/mol. The van der Waals surface area contributed by atoms with E-state index in [-0.39, 0.29) is 0 Å². The molecule has 0 amide bonds. The van der Waals surface area contributed by atoms with Crippen LogP contribution in [0.15, 0.2) is 30.5 Å². The van der Waals surface area contributed by atoms with Crippen molar-refractivity contribution < 1.29 is 9.47 Å². The van der Waals surface area contributed by atoms with Crippen molar-refractivity contribution in [1.29, 1.82) is 0 Å². The summed E-state index contributed by atoms with van der Waals surface area (Å²) in [6.45, 7) is 5.16. The minimum Gasteiger partial charge on any atom is -0.492 e. The van der Waals surface area contributed by atoms with Gasteiger partial charge in [-0.25, -0.2) is 4.98 Å². The zero-order chi connectivity index (χ0) is 17.2. The Kier molecular flexibility index (Phi) is 4.33. The van der Waals surface area contributed by atoms with Crippen LogP contribution in [0.25, 0.3) is 22.6 Å². The Morgan fingerprint density at radius 3 is 2.88 bits per heavy atom. The average Bonchev–Trinajstić information content (AvgIpc) is 3.17. The SMILES string of the molecule is Cn1cc(N)cc1-c1nc2ccc(OCCN3CCOCC3)cc2[nH]1. The number of fused-ring (bicyclic) bond motifs is 1. The van der Waals surface area contributed by atoms with Gasteiger partial charge in [0, 0.05) is 38.9 Å². The van der Waals surface area contributed by atoms with Crippen LogP contribution in [0, 0.1) is 0 Å². The number of benzene rings is 1. The van der Waals surface area contributed by atoms with Gasteiger partial charge in [-0.3, -0.25) is 4.90 Å². The number of aromatic nitrogens is 3. The van der Waals surface area contributed by atoms with Crippen LogP contribution in [-0.2, 0) is 11.8 Å². The zero-order valence-corrected chi connectivity index (χ0v) is 14.4. The molecule has 0 unspecified atom stereocenters. The second-order valence-corrected chi connectivity index (χ2v) is 6.34. The molecule has 0 radical (unpaired) electrons. The highest BCUT2D eigenvalue weighted by molar-refractivity contribution is 5.80. The summed E-state index contributed by atoms with van der Waals surface area (Å²) < 4.78 is 13.2. The molecular formula is C18H23N5O2. The van der Waals surface area contributed by atoms with Gasteiger partial charge in [-0.2, -0.15) is 0 Å². The Morgan fingerprint density at radius 2 is 2.12 bits per heavy atom. The smallest absolute Gasteiger partial charge is 0.155 e. The molecule has 132 valence electrons. The maximum absolute atomic E-state index is 5.90. The van der Waals surface area contributed by atoms with Crippen LogP contribution < -0.4 is 10.5 Å². The maximum Gasteiger partial charge on any atom is 0.155 e. The lowest BCUT2D eigenvalue weighted by Gasteiger charge is -2.26. The number of ether oxygens (including phenoxy) is 2. The molecule has 3 aromatic rings. The van der Waals surface area contributed by atoms with E-state index in [1.807, 2.05) is 42.1 Å². The molecule has 0 spiro atoms. The Balaban J connectivity index is 1.45. The molecule has 3 N–H and O–H groups in total. The van der Waals surface area contributed by atoms with Crippen LogP contribution in [-0.4, -0.2) is 58.9 Å². The van der Waals surface area contributed by atoms with Crippen molar-refractivity contribution in [2.24, 2.45) is 7.05 Å². The van der Waals surface area contributed by atoms with Gasteiger partial charge in [0.05, 0.1) is 35.6 Å². The number of morpholine rings is 1. The van der Waals surface area contributed by atoms with Gasteiger partial charge in [0.1, 0.15) is 12.4 Å². The first kappa shape index (κ1) is 16.0. The van der Waals surface area contributed by atoms with Crippen molar-refractivity contribution >= 4 is 16.7 Å². The van der Waals surface area contributed by atoms with Crippen molar-refractivity contribution in [3.05, 3.63) is 30.5 Å². The first-order valence-corrected chi connectivity index (χ1v) is 8.54. The monoisotopic (exact) mass is 341 g/mol. The van der Waals surface area contributed by atoms with E-state index < -0.39 is 0 Å². The number of anilines is 1. The number of imidazole rings is 1. The number of rotatable bonds is 5. The highest BCUT2D eigenvalue weighted by Crippen LogP contribution is 2.25. The Bertz CT molecular complexity index is 864. The second kappa shape index (κ2) is 6.78. The number of nitrogens with two attached hydrogens (primary N) is 1. The minimum absolute atomic E-state index is 0.668. The Labute approximate surface area is 146 Å². The molecule has 3 heterocycles. The van der Waals surface area contributed by atoms with Crippen LogP contribution in [0.3, 0.4) is 0 Å². The molecule has 0 saturated carbocycles. The molecule has 1 aliphatic heterocycles. The van der Waals surface area contributed by atoms with Crippen LogP contribution in [0.1, 0.15) is 0 Å². The normalized spacial score (nSPS) is 15.7. The van der Waals surface area contributed by atoms with Crippen LogP contribution in [0.5, 0.6) is 5.75 Å². The number of nitrogen functional groups attached to an aromatic ring is 1. The fourth-order valence-corrected chi connectivity index (χ4v) is 3.14. The highest BCUT2D eigenvalue weighted by Gasteiger charge is 2.12. The molecule has 0 bridgehead atoms. The van der Waals surface area contributed by atoms with E-state index in [1.54, 1.807) is 0 Å². The first-order chi connectivity index (χ1) is 12.2. The average molecular weight is 341 g/mol. The van der Waals surface area contributed by atoms with Gasteiger partial charge in [0.2, 0.25) is 0 Å². The van der Waals surface area contributed by atoms with Gasteiger partial charge in [0.15, 0.2) is 5.82 Å². The number of H-pyrrole nitrogens is 1. The summed E-state index contributed by atoms with van der Waals surface area (Å²) in [5.41, 5.74) is 9.42. The van der Waals surface area contributed by atoms with Crippen LogP contribution >= 0.6 is 0 Å². The molecule has 0 atom stereocenters. The molecule has 1 aliphatic rings. The third kappa shape index (κ3) is 3.47. The van der Waals surface area contributed by atoms with Gasteiger partial charge in [-0.1, -0.05) is 0 Å². The Hall–Kier alpha value is -2.51. The van der Waals surface area contributed by atoms with E-state index in [2.05, 4.69) is 14.9 Å². The molecule has 1 aromatic carbocycles. The van der Waals surface area contributed by atoms with Crippen molar-refractivity contribution in [2.75, 3.05) is 45.2 Å². The van der Waals surface area contributed by atoms with Crippen molar-refractivity contribution in [3.8, 4) is 17.3 Å². The predicted octanol–water partition coefficient (Wildman–Crippen LogP) is 1.86. The predicted molar refractivity (Wildman–Crippen MR) is 97.7 cm³/mol. The Morgan fingerprint density at radius 1 is 1.28 bits per heavy atom. The number of aryl methyl sites for hydroxylation is 1. The molecule has 25 heavy (non-hydrogen) atoms. The molecule has 0 aliphatic carbocycles. The van der Waals surface area contributed by atoms with E-state index in [9.17, 15) is 0 Å². The lowest BCUT2D eigenvalue weighted by atomic mass is 10.3. The maximum atomic E-state index is 5.90. The molecule has 4 rings (SSSR count). The quantitative estimate of drug-likeness (QED) is 0.740. The zero-order valence-electron chi connectivity index (χ0n) is 14.4. The standard InChI is InChI=1S/C18H23N5O2/c1-22-12-13(19)10-17(22)18-20-15-3-2-14(11-16(15)21-18)25-9-6-23-4-7-24-8-5-23/h2-3,10-12H,4-9,19H2,1H3,(H,20,21). The molecule has 7 nitrogen and oxygen atoms in total. The van der Waals surface area contributed by atoms with Gasteiger partial charge in [0.25, 0.3) is 0 Å². The van der Waals surface area contributed by atoms with E-state index in [0.717, 1.165) is 66.8 Å². The van der Waals surface area contributed by atoms with E-state index in [0.29, 0.717) is 6.61 Å². The van der Waals surface area contributed by atoms with Gasteiger partial charge < -0.3 is 24.8 Å². The lowest BCUT2D eigenvalue weighted by Crippen LogP contribution is -2.38. The van der Waals surface area contributed by atoms with Crippen molar-refractivity contribution in [3.63, 3.8) is 0 Å². The topological polar surface area (TPSA) is 81.3 Å². The summed E-state index contributed by atoms with van der Waals surface area (Å²) in [4.78, 5) is 10.4. The summed E-state index contributed by atoms with van der Waals surface area (Å²) in [5.74, 6) is 1.65. The van der Waals surface area contributed by atoms with Gasteiger partial charge >= 0.3 is 0 Å². The summed E-state index contributed by atoms with van der Waals surface area (Å²) >= 11 is 0. The summed E-state index contributed by atoms with van der Waals surface area (Å²) in [7, 11) is 1.96. The summed E-state index contributed by atoms with van der Waals surface area (Å²) in [6, 6.07) is 7.85. The van der Waals surface area contributed by atoms with Gasteiger partial charge in [-0.05, 0) is 18.2 Å². The fraction of sp³-hybridized carbons (Fsp3) is 0.389. The number of hydrogen-bond acceptors (Lipinski definition) is 5. The largest absolute Gasteiger partial charge is 0.492 e. The molecule has 2 aromatic heterocycles. The van der Waals surface area contributed by atoms with Crippen molar-refractivity contribution in [2.45, 2.75) is 0 Å². The summed E-state index contributed by atoms with van der Waals surface area (Å²) in [6.07, 6.45) is 1.88. The molecule has 1 fully saturated rings.